The summed E-state index contributed by atoms with van der Waals surface area (Å²) in [5, 5.41) is 0. The van der Waals surface area contributed by atoms with Crippen molar-refractivity contribution in [1.82, 2.24) is 19.4 Å². The number of rotatable bonds is 4. The summed E-state index contributed by atoms with van der Waals surface area (Å²) in [4.78, 5) is 30.4. The summed E-state index contributed by atoms with van der Waals surface area (Å²) in [7, 11) is 5.71. The molecule has 2 rings (SSSR count). The molecular weight excluding hydrogens is 244 g/mol. The van der Waals surface area contributed by atoms with Crippen LogP contribution in [-0.2, 0) is 13.5 Å². The van der Waals surface area contributed by atoms with Gasteiger partial charge in [0.15, 0.2) is 0 Å². The quantitative estimate of drug-likeness (QED) is 0.779. The Morgan fingerprint density at radius 3 is 2.79 bits per heavy atom. The highest BCUT2D eigenvalue weighted by atomic mass is 16.2. The van der Waals surface area contributed by atoms with Crippen molar-refractivity contribution >= 4 is 0 Å². The highest BCUT2D eigenvalue weighted by molar-refractivity contribution is 5.05. The van der Waals surface area contributed by atoms with Crippen LogP contribution >= 0.6 is 0 Å². The van der Waals surface area contributed by atoms with Crippen molar-refractivity contribution in [2.45, 2.75) is 18.9 Å². The lowest BCUT2D eigenvalue weighted by Crippen LogP contribution is -2.36. The number of likely N-dealkylation sites (N-methyl/N-ethyl adjacent to an activating group) is 1. The van der Waals surface area contributed by atoms with Crippen molar-refractivity contribution in [3.8, 4) is 0 Å². The lowest BCUT2D eigenvalue weighted by molar-refractivity contribution is 0.270. The molecule has 0 bridgehead atoms. The van der Waals surface area contributed by atoms with Gasteiger partial charge in [0.05, 0.1) is 0 Å². The van der Waals surface area contributed by atoms with Crippen molar-refractivity contribution in [3.63, 3.8) is 0 Å². The van der Waals surface area contributed by atoms with Gasteiger partial charge in [-0.05, 0) is 33.5 Å². The first-order valence-corrected chi connectivity index (χ1v) is 6.65. The van der Waals surface area contributed by atoms with E-state index in [1.165, 1.54) is 13.5 Å². The van der Waals surface area contributed by atoms with E-state index in [2.05, 4.69) is 28.9 Å². The van der Waals surface area contributed by atoms with Gasteiger partial charge >= 0.3 is 5.69 Å². The number of aromatic nitrogens is 2. The van der Waals surface area contributed by atoms with Crippen LogP contribution in [-0.4, -0.2) is 59.1 Å². The Hall–Kier alpha value is -1.40. The van der Waals surface area contributed by atoms with Gasteiger partial charge in [-0.2, -0.15) is 0 Å². The molecule has 1 atom stereocenters. The summed E-state index contributed by atoms with van der Waals surface area (Å²) < 4.78 is 1.13. The minimum absolute atomic E-state index is 0.188. The molecular formula is C13H22N4O2. The molecule has 19 heavy (non-hydrogen) atoms. The number of H-pyrrole nitrogens is 1. The van der Waals surface area contributed by atoms with Gasteiger partial charge in [0.25, 0.3) is 5.56 Å². The van der Waals surface area contributed by atoms with Crippen molar-refractivity contribution in [2.75, 3.05) is 33.7 Å². The van der Waals surface area contributed by atoms with E-state index in [0.717, 1.165) is 24.2 Å². The summed E-state index contributed by atoms with van der Waals surface area (Å²) >= 11 is 0. The number of likely N-dealkylation sites (tertiary alicyclic amines) is 1. The largest absolute Gasteiger partial charge is 0.328 e. The van der Waals surface area contributed by atoms with Crippen LogP contribution in [0.4, 0.5) is 0 Å². The van der Waals surface area contributed by atoms with E-state index in [-0.39, 0.29) is 11.2 Å². The van der Waals surface area contributed by atoms with Crippen molar-refractivity contribution in [2.24, 2.45) is 7.05 Å². The summed E-state index contributed by atoms with van der Waals surface area (Å²) in [5.74, 6) is 0. The normalized spacial score (nSPS) is 20.3. The molecule has 0 aliphatic carbocycles. The van der Waals surface area contributed by atoms with Crippen LogP contribution in [0.25, 0.3) is 0 Å². The Balaban J connectivity index is 1.96. The maximum atomic E-state index is 11.9. The zero-order chi connectivity index (χ0) is 14.0. The van der Waals surface area contributed by atoms with E-state index in [0.29, 0.717) is 18.0 Å². The monoisotopic (exact) mass is 266 g/mol. The lowest BCUT2D eigenvalue weighted by Gasteiger charge is -2.20. The fourth-order valence-electron chi connectivity index (χ4n) is 2.51. The number of hydrogen-bond donors (Lipinski definition) is 1. The smallest absolute Gasteiger partial charge is 0.314 e. The molecule has 106 valence electrons. The first-order chi connectivity index (χ1) is 8.99. The van der Waals surface area contributed by atoms with Gasteiger partial charge in [0.1, 0.15) is 0 Å². The van der Waals surface area contributed by atoms with E-state index in [1.807, 2.05) is 0 Å². The van der Waals surface area contributed by atoms with E-state index in [9.17, 15) is 9.59 Å². The number of nitrogens with one attached hydrogen (secondary N) is 1. The average molecular weight is 266 g/mol. The maximum Gasteiger partial charge on any atom is 0.328 e. The number of aromatic amines is 1. The van der Waals surface area contributed by atoms with Crippen molar-refractivity contribution < 1.29 is 0 Å². The summed E-state index contributed by atoms with van der Waals surface area (Å²) in [6.07, 6.45) is 3.41. The van der Waals surface area contributed by atoms with E-state index >= 15 is 0 Å². The fraction of sp³-hybridized carbons (Fsp3) is 0.692. The van der Waals surface area contributed by atoms with Crippen LogP contribution in [0.3, 0.4) is 0 Å². The Bertz CT molecular complexity index is 546. The Kier molecular flexibility index (Phi) is 4.21. The topological polar surface area (TPSA) is 61.3 Å². The first-order valence-electron chi connectivity index (χ1n) is 6.65. The molecule has 0 spiro atoms. The fourth-order valence-corrected chi connectivity index (χ4v) is 2.51. The molecule has 1 aliphatic heterocycles. The van der Waals surface area contributed by atoms with Crippen LogP contribution in [0.2, 0.25) is 0 Å². The second-order valence-electron chi connectivity index (χ2n) is 5.44. The predicted octanol–water partition coefficient (Wildman–Crippen LogP) is -0.748. The van der Waals surface area contributed by atoms with Crippen LogP contribution in [0.1, 0.15) is 12.0 Å². The van der Waals surface area contributed by atoms with Gasteiger partial charge in [0.2, 0.25) is 0 Å². The minimum Gasteiger partial charge on any atom is -0.314 e. The molecule has 1 saturated heterocycles. The van der Waals surface area contributed by atoms with E-state index in [1.54, 1.807) is 6.20 Å². The zero-order valence-electron chi connectivity index (χ0n) is 11.8. The zero-order valence-corrected chi connectivity index (χ0v) is 11.8. The second-order valence-corrected chi connectivity index (χ2v) is 5.44. The molecule has 1 aliphatic rings. The van der Waals surface area contributed by atoms with Crippen LogP contribution in [0, 0.1) is 0 Å². The Morgan fingerprint density at radius 1 is 1.42 bits per heavy atom. The summed E-state index contributed by atoms with van der Waals surface area (Å²) in [6.45, 7) is 2.99. The molecule has 0 saturated carbocycles. The van der Waals surface area contributed by atoms with Gasteiger partial charge in [0, 0.05) is 37.9 Å². The molecule has 6 heteroatoms. The molecule has 0 radical (unpaired) electrons. The highest BCUT2D eigenvalue weighted by Gasteiger charge is 2.23. The number of nitrogens with zero attached hydrogens (tertiary/aromatic N) is 3. The SMILES string of the molecule is CN(C)[C@@H]1CCN(CCc2c[nH]c(=O)n(C)c2=O)C1. The van der Waals surface area contributed by atoms with E-state index < -0.39 is 0 Å². The third kappa shape index (κ3) is 3.13. The molecule has 1 aromatic heterocycles. The Labute approximate surface area is 112 Å². The minimum atomic E-state index is -0.359. The predicted molar refractivity (Wildman–Crippen MR) is 74.5 cm³/mol. The maximum absolute atomic E-state index is 11.9. The molecule has 1 N–H and O–H groups in total. The molecule has 0 amide bonds. The van der Waals surface area contributed by atoms with Crippen LogP contribution in [0.15, 0.2) is 15.8 Å². The summed E-state index contributed by atoms with van der Waals surface area (Å²) in [6, 6.07) is 0.610. The van der Waals surface area contributed by atoms with Gasteiger partial charge in [-0.3, -0.25) is 9.36 Å². The van der Waals surface area contributed by atoms with Gasteiger partial charge in [-0.25, -0.2) is 4.79 Å². The lowest BCUT2D eigenvalue weighted by atomic mass is 10.2. The van der Waals surface area contributed by atoms with Gasteiger partial charge in [-0.1, -0.05) is 0 Å². The van der Waals surface area contributed by atoms with Crippen molar-refractivity contribution in [3.05, 3.63) is 32.6 Å². The third-order valence-corrected chi connectivity index (χ3v) is 3.93. The first kappa shape index (κ1) is 14.0. The molecule has 0 aromatic carbocycles. The van der Waals surface area contributed by atoms with Crippen LogP contribution in [0.5, 0.6) is 0 Å². The van der Waals surface area contributed by atoms with Crippen LogP contribution < -0.4 is 11.2 Å². The molecule has 2 heterocycles. The van der Waals surface area contributed by atoms with Gasteiger partial charge in [-0.15, -0.1) is 0 Å². The molecule has 1 fully saturated rings. The Morgan fingerprint density at radius 2 is 2.16 bits per heavy atom. The van der Waals surface area contributed by atoms with E-state index in [4.69, 9.17) is 0 Å². The average Bonchev–Trinajstić information content (AvgIpc) is 2.84. The highest BCUT2D eigenvalue weighted by Crippen LogP contribution is 2.13. The molecule has 0 unspecified atom stereocenters. The molecule has 6 nitrogen and oxygen atoms in total. The van der Waals surface area contributed by atoms with Gasteiger partial charge < -0.3 is 14.8 Å². The third-order valence-electron chi connectivity index (χ3n) is 3.93. The second kappa shape index (κ2) is 5.71. The van der Waals surface area contributed by atoms with Crippen molar-refractivity contribution in [1.29, 1.82) is 0 Å². The molecule has 1 aromatic rings. The standard InChI is InChI=1S/C13H22N4O2/c1-15(2)11-5-7-17(9-11)6-4-10-8-14-13(19)16(3)12(10)18/h8,11H,4-7,9H2,1-3H3,(H,14,19)/t11-/m1/s1. The number of hydrogen-bond acceptors (Lipinski definition) is 4. The summed E-state index contributed by atoms with van der Waals surface area (Å²) in [5.41, 5.74) is 0.130.